The Morgan fingerprint density at radius 2 is 1.68 bits per heavy atom. The number of ether oxygens (including phenoxy) is 1. The molecular weight excluding hydrogens is 311 g/mol. The summed E-state index contributed by atoms with van der Waals surface area (Å²) in [6.07, 6.45) is -4.33. The van der Waals surface area contributed by atoms with E-state index in [1.807, 2.05) is 0 Å². The van der Waals surface area contributed by atoms with Crippen LogP contribution in [-0.2, 0) is 5.75 Å². The highest BCUT2D eigenvalue weighted by molar-refractivity contribution is 7.99. The molecule has 1 atom stereocenters. The molecule has 0 amide bonds. The standard InChI is InChI=1S/C16H16F3NOS/c1-21-14-9-7-12(8-10-14)11-22-15(16(17,18)19)20-13-5-3-2-4-6-13/h2-10,15,20H,11H2,1H3/t15-/m1/s1. The van der Waals surface area contributed by atoms with Crippen LogP contribution in [0.4, 0.5) is 18.9 Å². The molecule has 118 valence electrons. The quantitative estimate of drug-likeness (QED) is 0.760. The molecule has 0 saturated carbocycles. The summed E-state index contributed by atoms with van der Waals surface area (Å²) in [5.74, 6) is 0.942. The van der Waals surface area contributed by atoms with Crippen LogP contribution in [0, 0.1) is 0 Å². The van der Waals surface area contributed by atoms with Gasteiger partial charge in [-0.1, -0.05) is 30.3 Å². The van der Waals surface area contributed by atoms with E-state index in [1.165, 1.54) is 0 Å². The summed E-state index contributed by atoms with van der Waals surface area (Å²) >= 11 is 0.813. The molecule has 0 unspecified atom stereocenters. The first kappa shape index (κ1) is 16.5. The van der Waals surface area contributed by atoms with Gasteiger partial charge in [-0.3, -0.25) is 0 Å². The third-order valence-corrected chi connectivity index (χ3v) is 4.16. The average molecular weight is 327 g/mol. The molecule has 0 saturated heterocycles. The molecule has 0 radical (unpaired) electrons. The monoisotopic (exact) mass is 327 g/mol. The lowest BCUT2D eigenvalue weighted by atomic mass is 10.2. The fraction of sp³-hybridized carbons (Fsp3) is 0.250. The molecule has 22 heavy (non-hydrogen) atoms. The van der Waals surface area contributed by atoms with Crippen molar-refractivity contribution in [3.8, 4) is 5.75 Å². The number of benzene rings is 2. The van der Waals surface area contributed by atoms with Crippen molar-refractivity contribution in [3.05, 3.63) is 60.2 Å². The summed E-state index contributed by atoms with van der Waals surface area (Å²) in [4.78, 5) is 0. The second-order valence-electron chi connectivity index (χ2n) is 4.59. The van der Waals surface area contributed by atoms with E-state index in [-0.39, 0.29) is 5.75 Å². The van der Waals surface area contributed by atoms with Crippen LogP contribution in [0.3, 0.4) is 0 Å². The molecule has 0 aliphatic rings. The summed E-state index contributed by atoms with van der Waals surface area (Å²) in [5.41, 5.74) is 1.27. The van der Waals surface area contributed by atoms with Crippen LogP contribution in [0.25, 0.3) is 0 Å². The number of para-hydroxylation sites is 1. The third kappa shape index (κ3) is 4.87. The number of rotatable bonds is 6. The number of hydrogen-bond acceptors (Lipinski definition) is 3. The van der Waals surface area contributed by atoms with E-state index in [4.69, 9.17) is 4.74 Å². The first-order chi connectivity index (χ1) is 10.5. The lowest BCUT2D eigenvalue weighted by Crippen LogP contribution is -2.33. The molecule has 2 aromatic carbocycles. The number of hydrogen-bond donors (Lipinski definition) is 1. The fourth-order valence-electron chi connectivity index (χ4n) is 1.81. The topological polar surface area (TPSA) is 21.3 Å². The summed E-state index contributed by atoms with van der Waals surface area (Å²) < 4.78 is 44.4. The SMILES string of the molecule is COc1ccc(CS[C@@H](Nc2ccccc2)C(F)(F)F)cc1. The Morgan fingerprint density at radius 1 is 1.05 bits per heavy atom. The lowest BCUT2D eigenvalue weighted by molar-refractivity contribution is -0.123. The van der Waals surface area contributed by atoms with Gasteiger partial charge in [-0.15, -0.1) is 11.8 Å². The van der Waals surface area contributed by atoms with Gasteiger partial charge in [0.15, 0.2) is 5.37 Å². The van der Waals surface area contributed by atoms with E-state index in [1.54, 1.807) is 61.7 Å². The Morgan fingerprint density at radius 3 is 2.23 bits per heavy atom. The van der Waals surface area contributed by atoms with Crippen LogP contribution >= 0.6 is 11.8 Å². The Balaban J connectivity index is 2.00. The summed E-state index contributed by atoms with van der Waals surface area (Å²) in [6.45, 7) is 0. The van der Waals surface area contributed by atoms with Gasteiger partial charge in [0.1, 0.15) is 5.75 Å². The average Bonchev–Trinajstić information content (AvgIpc) is 2.52. The molecule has 2 nitrogen and oxygen atoms in total. The van der Waals surface area contributed by atoms with E-state index in [0.29, 0.717) is 11.4 Å². The van der Waals surface area contributed by atoms with Crippen molar-refractivity contribution in [2.75, 3.05) is 12.4 Å². The Bertz CT molecular complexity index is 572. The highest BCUT2D eigenvalue weighted by Crippen LogP contribution is 2.33. The third-order valence-electron chi connectivity index (χ3n) is 2.94. The molecule has 0 spiro atoms. The van der Waals surface area contributed by atoms with E-state index in [2.05, 4.69) is 5.32 Å². The minimum Gasteiger partial charge on any atom is -0.497 e. The Kier molecular flexibility index (Phi) is 5.60. The zero-order valence-electron chi connectivity index (χ0n) is 11.9. The van der Waals surface area contributed by atoms with Crippen LogP contribution < -0.4 is 10.1 Å². The first-order valence-corrected chi connectivity index (χ1v) is 7.67. The molecule has 2 rings (SSSR count). The molecular formula is C16H16F3NOS. The molecule has 0 heterocycles. The molecule has 0 aliphatic carbocycles. The summed E-state index contributed by atoms with van der Waals surface area (Å²) in [6, 6.07) is 15.4. The minimum absolute atomic E-state index is 0.258. The van der Waals surface area contributed by atoms with Crippen LogP contribution in [-0.4, -0.2) is 18.7 Å². The first-order valence-electron chi connectivity index (χ1n) is 6.62. The molecule has 0 fully saturated rings. The normalized spacial score (nSPS) is 12.7. The molecule has 0 aliphatic heterocycles. The van der Waals surface area contributed by atoms with Crippen molar-refractivity contribution in [3.63, 3.8) is 0 Å². The van der Waals surface area contributed by atoms with Gasteiger partial charge in [0.05, 0.1) is 7.11 Å². The Labute approximate surface area is 131 Å². The van der Waals surface area contributed by atoms with Gasteiger partial charge in [0.2, 0.25) is 0 Å². The second kappa shape index (κ2) is 7.45. The maximum absolute atomic E-state index is 13.1. The van der Waals surface area contributed by atoms with Crippen molar-refractivity contribution in [2.45, 2.75) is 17.3 Å². The molecule has 0 bridgehead atoms. The van der Waals surface area contributed by atoms with Crippen molar-refractivity contribution in [1.82, 2.24) is 0 Å². The van der Waals surface area contributed by atoms with E-state index >= 15 is 0 Å². The van der Waals surface area contributed by atoms with E-state index in [9.17, 15) is 13.2 Å². The highest BCUT2D eigenvalue weighted by Gasteiger charge is 2.40. The summed E-state index contributed by atoms with van der Waals surface area (Å²) in [7, 11) is 1.55. The van der Waals surface area contributed by atoms with Gasteiger partial charge < -0.3 is 10.1 Å². The minimum atomic E-state index is -4.33. The highest BCUT2D eigenvalue weighted by atomic mass is 32.2. The van der Waals surface area contributed by atoms with Gasteiger partial charge >= 0.3 is 6.18 Å². The number of alkyl halides is 3. The maximum Gasteiger partial charge on any atom is 0.418 e. The van der Waals surface area contributed by atoms with Gasteiger partial charge in [0.25, 0.3) is 0 Å². The number of methoxy groups -OCH3 is 1. The van der Waals surface area contributed by atoms with Gasteiger partial charge in [-0.05, 0) is 29.8 Å². The van der Waals surface area contributed by atoms with Crippen LogP contribution in [0.1, 0.15) is 5.56 Å². The smallest absolute Gasteiger partial charge is 0.418 e. The van der Waals surface area contributed by atoms with Gasteiger partial charge in [-0.2, -0.15) is 13.2 Å². The number of halogens is 3. The predicted octanol–water partition coefficient (Wildman–Crippen LogP) is 4.93. The number of anilines is 1. The van der Waals surface area contributed by atoms with Gasteiger partial charge in [-0.25, -0.2) is 0 Å². The zero-order valence-corrected chi connectivity index (χ0v) is 12.7. The fourth-order valence-corrected chi connectivity index (χ4v) is 2.77. The van der Waals surface area contributed by atoms with Crippen LogP contribution in [0.2, 0.25) is 0 Å². The predicted molar refractivity (Wildman–Crippen MR) is 84.2 cm³/mol. The number of thioether (sulfide) groups is 1. The van der Waals surface area contributed by atoms with Crippen LogP contribution in [0.5, 0.6) is 5.75 Å². The summed E-state index contributed by atoms with van der Waals surface area (Å²) in [5, 5.41) is 0.869. The molecule has 2 aromatic rings. The lowest BCUT2D eigenvalue weighted by Gasteiger charge is -2.22. The van der Waals surface area contributed by atoms with E-state index in [0.717, 1.165) is 17.3 Å². The zero-order chi connectivity index (χ0) is 16.0. The molecule has 1 N–H and O–H groups in total. The molecule has 6 heteroatoms. The van der Waals surface area contributed by atoms with Crippen LogP contribution in [0.15, 0.2) is 54.6 Å². The van der Waals surface area contributed by atoms with Crippen molar-refractivity contribution >= 4 is 17.4 Å². The second-order valence-corrected chi connectivity index (χ2v) is 5.68. The maximum atomic E-state index is 13.1. The van der Waals surface area contributed by atoms with Crippen molar-refractivity contribution < 1.29 is 17.9 Å². The Hall–Kier alpha value is -1.82. The van der Waals surface area contributed by atoms with E-state index < -0.39 is 11.6 Å². The van der Waals surface area contributed by atoms with Crippen molar-refractivity contribution in [1.29, 1.82) is 0 Å². The molecule has 0 aromatic heterocycles. The van der Waals surface area contributed by atoms with Crippen molar-refractivity contribution in [2.24, 2.45) is 0 Å². The number of nitrogens with one attached hydrogen (secondary N) is 1. The largest absolute Gasteiger partial charge is 0.497 e. The van der Waals surface area contributed by atoms with Gasteiger partial charge in [0, 0.05) is 11.4 Å².